The van der Waals surface area contributed by atoms with Crippen molar-refractivity contribution >= 4 is 23.5 Å². The Morgan fingerprint density at radius 3 is 2.27 bits per heavy atom. The lowest BCUT2D eigenvalue weighted by molar-refractivity contribution is -0.144. The molecule has 33 heavy (non-hydrogen) atoms. The number of carbonyl (C=O) groups excluding carboxylic acids is 4. The summed E-state index contributed by atoms with van der Waals surface area (Å²) in [5.74, 6) is -1.49. The van der Waals surface area contributed by atoms with E-state index in [4.69, 9.17) is 5.73 Å². The Morgan fingerprint density at radius 1 is 1.03 bits per heavy atom. The van der Waals surface area contributed by atoms with Gasteiger partial charge in [0.1, 0.15) is 6.04 Å². The van der Waals surface area contributed by atoms with Gasteiger partial charge in [-0.15, -0.1) is 0 Å². The van der Waals surface area contributed by atoms with Crippen molar-refractivity contribution in [2.75, 3.05) is 13.1 Å². The van der Waals surface area contributed by atoms with Crippen LogP contribution in [0.3, 0.4) is 0 Å². The molecule has 3 amide bonds. The monoisotopic (exact) mass is 464 g/mol. The van der Waals surface area contributed by atoms with Gasteiger partial charge in [0, 0.05) is 13.1 Å². The van der Waals surface area contributed by atoms with Crippen LogP contribution in [0, 0.1) is 17.8 Å². The molecule has 1 saturated heterocycles. The smallest absolute Gasteiger partial charge is 0.289 e. The molecule has 1 aliphatic carbocycles. The molecule has 0 bridgehead atoms. The van der Waals surface area contributed by atoms with E-state index in [1.807, 2.05) is 20.8 Å². The number of hydrogen-bond donors (Lipinski definition) is 3. The lowest BCUT2D eigenvalue weighted by Gasteiger charge is -2.34. The van der Waals surface area contributed by atoms with Crippen LogP contribution in [0.5, 0.6) is 0 Å². The maximum atomic E-state index is 13.5. The van der Waals surface area contributed by atoms with E-state index in [1.165, 1.54) is 6.42 Å². The van der Waals surface area contributed by atoms with Crippen molar-refractivity contribution in [2.45, 2.75) is 104 Å². The minimum absolute atomic E-state index is 0.0149. The molecule has 1 heterocycles. The molecule has 2 rings (SSSR count). The molecule has 2 fully saturated rings. The summed E-state index contributed by atoms with van der Waals surface area (Å²) in [5.41, 5.74) is 6.41. The number of Topliss-reactive ketones (excluding diaryl/α,β-unsaturated/α-hetero) is 1. The number of rotatable bonds is 11. The number of hydrogen-bond acceptors (Lipinski definition) is 5. The zero-order valence-electron chi connectivity index (χ0n) is 20.9. The lowest BCUT2D eigenvalue weighted by atomic mass is 9.83. The van der Waals surface area contributed by atoms with Crippen LogP contribution in [-0.4, -0.2) is 59.6 Å². The van der Waals surface area contributed by atoms with E-state index in [0.29, 0.717) is 25.9 Å². The fourth-order valence-corrected chi connectivity index (χ4v) is 5.32. The standard InChI is InChI=1S/C25H44N4O4/c1-5-7-13-19(22(30)24(32)27-6-2)28-23(31)21-18(16(3)4)14-15-29(21)25(33)20(26)17-11-9-8-10-12-17/h16-21H,5-15,26H2,1-4H3,(H,27,32)(H,28,31)/t18-,19?,20+,21+/m1/s1. The topological polar surface area (TPSA) is 122 Å². The average molecular weight is 465 g/mol. The summed E-state index contributed by atoms with van der Waals surface area (Å²) in [7, 11) is 0. The molecule has 1 unspecified atom stereocenters. The predicted molar refractivity (Wildman–Crippen MR) is 128 cm³/mol. The Bertz CT molecular complexity index is 690. The number of carbonyl (C=O) groups is 4. The van der Waals surface area contributed by atoms with Crippen LogP contribution in [0.1, 0.15) is 85.5 Å². The van der Waals surface area contributed by atoms with Gasteiger partial charge in [0.15, 0.2) is 0 Å². The Hall–Kier alpha value is -1.96. The summed E-state index contributed by atoms with van der Waals surface area (Å²) in [6.45, 7) is 8.68. The van der Waals surface area contributed by atoms with Crippen LogP contribution in [-0.2, 0) is 19.2 Å². The highest BCUT2D eigenvalue weighted by atomic mass is 16.2. The third-order valence-electron chi connectivity index (χ3n) is 7.34. The summed E-state index contributed by atoms with van der Waals surface area (Å²) in [4.78, 5) is 53.4. The molecule has 0 radical (unpaired) electrons. The van der Waals surface area contributed by atoms with Crippen molar-refractivity contribution in [1.82, 2.24) is 15.5 Å². The quantitative estimate of drug-likeness (QED) is 0.405. The van der Waals surface area contributed by atoms with Crippen molar-refractivity contribution in [3.63, 3.8) is 0 Å². The largest absolute Gasteiger partial charge is 0.350 e. The van der Waals surface area contributed by atoms with Crippen molar-refractivity contribution in [2.24, 2.45) is 23.5 Å². The molecule has 0 aromatic heterocycles. The molecule has 4 atom stereocenters. The molecule has 2 aliphatic rings. The van der Waals surface area contributed by atoms with E-state index >= 15 is 0 Å². The molecule has 1 saturated carbocycles. The molecule has 0 aromatic carbocycles. The normalized spacial score (nSPS) is 23.3. The van der Waals surface area contributed by atoms with Crippen LogP contribution in [0.2, 0.25) is 0 Å². The number of nitrogens with one attached hydrogen (secondary N) is 2. The van der Waals surface area contributed by atoms with Crippen molar-refractivity contribution in [1.29, 1.82) is 0 Å². The van der Waals surface area contributed by atoms with E-state index in [1.54, 1.807) is 11.8 Å². The van der Waals surface area contributed by atoms with Gasteiger partial charge < -0.3 is 21.3 Å². The van der Waals surface area contributed by atoms with Crippen LogP contribution in [0.4, 0.5) is 0 Å². The van der Waals surface area contributed by atoms with E-state index in [0.717, 1.165) is 38.5 Å². The molecule has 1 aliphatic heterocycles. The fraction of sp³-hybridized carbons (Fsp3) is 0.840. The summed E-state index contributed by atoms with van der Waals surface area (Å²) in [6.07, 6.45) is 7.93. The second-order valence-electron chi connectivity index (χ2n) is 10.0. The van der Waals surface area contributed by atoms with Crippen molar-refractivity contribution < 1.29 is 19.2 Å². The molecule has 0 aromatic rings. The van der Waals surface area contributed by atoms with Gasteiger partial charge in [-0.3, -0.25) is 19.2 Å². The first-order valence-electron chi connectivity index (χ1n) is 12.9. The Balaban J connectivity index is 2.20. The Labute approximate surface area is 198 Å². The van der Waals surface area contributed by atoms with Gasteiger partial charge in [-0.2, -0.15) is 0 Å². The zero-order valence-corrected chi connectivity index (χ0v) is 20.9. The fourth-order valence-electron chi connectivity index (χ4n) is 5.32. The molecule has 8 heteroatoms. The van der Waals surface area contributed by atoms with Crippen LogP contribution in [0.15, 0.2) is 0 Å². The lowest BCUT2D eigenvalue weighted by Crippen LogP contribution is -2.58. The highest BCUT2D eigenvalue weighted by molar-refractivity contribution is 6.38. The van der Waals surface area contributed by atoms with E-state index in [9.17, 15) is 19.2 Å². The van der Waals surface area contributed by atoms with Crippen LogP contribution in [0.25, 0.3) is 0 Å². The second-order valence-corrected chi connectivity index (χ2v) is 10.0. The summed E-state index contributed by atoms with van der Waals surface area (Å²) in [6, 6.07) is -2.15. The maximum absolute atomic E-state index is 13.5. The number of amides is 3. The molecular weight excluding hydrogens is 420 g/mol. The highest BCUT2D eigenvalue weighted by Gasteiger charge is 2.46. The molecule has 188 valence electrons. The second kappa shape index (κ2) is 13.1. The van der Waals surface area contributed by atoms with Gasteiger partial charge in [0.05, 0.1) is 12.1 Å². The zero-order chi connectivity index (χ0) is 24.5. The first kappa shape index (κ1) is 27.3. The summed E-state index contributed by atoms with van der Waals surface area (Å²) >= 11 is 0. The number of likely N-dealkylation sites (N-methyl/N-ethyl adjacent to an activating group) is 1. The highest BCUT2D eigenvalue weighted by Crippen LogP contribution is 2.33. The molecule has 4 N–H and O–H groups in total. The minimum Gasteiger partial charge on any atom is -0.350 e. The van der Waals surface area contributed by atoms with Gasteiger partial charge in [0.2, 0.25) is 17.6 Å². The Morgan fingerprint density at radius 2 is 1.70 bits per heavy atom. The average Bonchev–Trinajstić information content (AvgIpc) is 3.26. The van der Waals surface area contributed by atoms with E-state index in [2.05, 4.69) is 10.6 Å². The summed E-state index contributed by atoms with van der Waals surface area (Å²) < 4.78 is 0. The van der Waals surface area contributed by atoms with Gasteiger partial charge in [-0.05, 0) is 50.4 Å². The first-order valence-corrected chi connectivity index (χ1v) is 12.9. The molecule has 0 spiro atoms. The first-order chi connectivity index (χ1) is 15.7. The van der Waals surface area contributed by atoms with E-state index < -0.39 is 29.8 Å². The third kappa shape index (κ3) is 7.01. The van der Waals surface area contributed by atoms with Crippen LogP contribution < -0.4 is 16.4 Å². The van der Waals surface area contributed by atoms with E-state index in [-0.39, 0.29) is 29.6 Å². The van der Waals surface area contributed by atoms with Gasteiger partial charge >= 0.3 is 0 Å². The Kier molecular flexibility index (Phi) is 10.8. The third-order valence-corrected chi connectivity index (χ3v) is 7.34. The minimum atomic E-state index is -0.888. The van der Waals surface area contributed by atoms with Crippen LogP contribution >= 0.6 is 0 Å². The maximum Gasteiger partial charge on any atom is 0.289 e. The number of unbranched alkanes of at least 4 members (excludes halogenated alkanes) is 1. The SMILES string of the molecule is CCCCC(NC(=O)[C@@H]1[C@@H](C(C)C)CCN1C(=O)[C@@H](N)C1CCCCC1)C(=O)C(=O)NCC. The molecule has 8 nitrogen and oxygen atoms in total. The number of likely N-dealkylation sites (tertiary alicyclic amines) is 1. The number of nitrogens with two attached hydrogens (primary N) is 1. The summed E-state index contributed by atoms with van der Waals surface area (Å²) in [5, 5.41) is 5.37. The number of nitrogens with zero attached hydrogens (tertiary/aromatic N) is 1. The van der Waals surface area contributed by atoms with Gasteiger partial charge in [-0.1, -0.05) is 52.9 Å². The molecular formula is C25H44N4O4. The van der Waals surface area contributed by atoms with Crippen molar-refractivity contribution in [3.05, 3.63) is 0 Å². The van der Waals surface area contributed by atoms with Gasteiger partial charge in [-0.25, -0.2) is 0 Å². The predicted octanol–water partition coefficient (Wildman–Crippen LogP) is 2.15. The van der Waals surface area contributed by atoms with Gasteiger partial charge in [0.25, 0.3) is 5.91 Å². The number of ketones is 1. The van der Waals surface area contributed by atoms with Crippen molar-refractivity contribution in [3.8, 4) is 0 Å².